The van der Waals surface area contributed by atoms with Crippen LogP contribution in [0.25, 0.3) is 22.0 Å². The Morgan fingerprint density at radius 3 is 2.51 bits per heavy atom. The quantitative estimate of drug-likeness (QED) is 0.152. The highest BCUT2D eigenvalue weighted by atomic mass is 35.5. The van der Waals surface area contributed by atoms with Crippen molar-refractivity contribution >= 4 is 40.0 Å². The zero-order valence-corrected chi connectivity index (χ0v) is 23.5. The fraction of sp³-hybridized carbons (Fsp3) is 0.429. The number of hydrogen-bond donors (Lipinski definition) is 3. The largest absolute Gasteiger partial charge is 0.507 e. The Hall–Kier alpha value is -2.53. The fourth-order valence-corrected chi connectivity index (χ4v) is 5.46. The van der Waals surface area contributed by atoms with Gasteiger partial charge in [0.1, 0.15) is 11.5 Å². The summed E-state index contributed by atoms with van der Waals surface area (Å²) in [7, 11) is 0. The third kappa shape index (κ3) is 8.48. The smallest absolute Gasteiger partial charge is 0.416 e. The topological polar surface area (TPSA) is 85.4 Å². The number of nitrogens with zero attached hydrogens (tertiary/aromatic N) is 1. The van der Waals surface area contributed by atoms with E-state index in [4.69, 9.17) is 11.6 Å². The number of carbonyl (C=O) groups is 1. The van der Waals surface area contributed by atoms with Gasteiger partial charge in [-0.3, -0.25) is 9.59 Å². The molecule has 3 N–H and O–H groups in total. The molecule has 39 heavy (non-hydrogen) atoms. The second kappa shape index (κ2) is 14.2. The van der Waals surface area contributed by atoms with E-state index in [9.17, 15) is 27.9 Å². The average Bonchev–Trinajstić information content (AvgIpc) is 2.89. The maximum atomic E-state index is 13.5. The molecule has 0 aliphatic rings. The van der Waals surface area contributed by atoms with Gasteiger partial charge in [0.05, 0.1) is 16.2 Å². The standard InChI is InChI=1S/C28H33ClF3N3O3S/c1-3-35(4-2)14-6-13-33-12-5-7-20(36)17-39-26-25(22-16-19(29)9-11-24(22)37)21-15-18(28(30,31)32)8-10-23(21)34-27(26)38/h8-11,15-16,33,37H,3-7,12-14,17H2,1-2H3,(H,34,38). The molecule has 0 fully saturated rings. The van der Waals surface area contributed by atoms with Crippen LogP contribution in [-0.4, -0.2) is 59.3 Å². The number of aromatic nitrogens is 1. The molecule has 0 spiro atoms. The van der Waals surface area contributed by atoms with Crippen molar-refractivity contribution in [2.45, 2.75) is 44.2 Å². The van der Waals surface area contributed by atoms with Gasteiger partial charge in [-0.2, -0.15) is 13.2 Å². The molecular formula is C28H33ClF3N3O3S. The first-order valence-corrected chi connectivity index (χ1v) is 14.2. The number of Topliss-reactive ketones (excluding diaryl/α,β-unsaturated/α-hetero) is 1. The van der Waals surface area contributed by atoms with E-state index in [2.05, 4.69) is 29.0 Å². The molecule has 0 bridgehead atoms. The number of pyridine rings is 1. The van der Waals surface area contributed by atoms with Gasteiger partial charge in [-0.1, -0.05) is 25.4 Å². The summed E-state index contributed by atoms with van der Waals surface area (Å²) in [6.07, 6.45) is -2.65. The molecule has 0 saturated heterocycles. The first-order chi connectivity index (χ1) is 18.5. The highest BCUT2D eigenvalue weighted by Crippen LogP contribution is 2.42. The summed E-state index contributed by atoms with van der Waals surface area (Å²) in [4.78, 5) is 30.6. The van der Waals surface area contributed by atoms with E-state index in [-0.39, 0.29) is 49.2 Å². The van der Waals surface area contributed by atoms with Crippen LogP contribution in [-0.2, 0) is 11.0 Å². The number of ketones is 1. The third-order valence-electron chi connectivity index (χ3n) is 6.43. The van der Waals surface area contributed by atoms with Crippen LogP contribution in [0.2, 0.25) is 5.02 Å². The van der Waals surface area contributed by atoms with E-state index < -0.39 is 17.3 Å². The molecular weight excluding hydrogens is 551 g/mol. The number of carbonyl (C=O) groups excluding carboxylic acids is 1. The van der Waals surface area contributed by atoms with Crippen LogP contribution < -0.4 is 10.9 Å². The van der Waals surface area contributed by atoms with Crippen LogP contribution >= 0.6 is 23.4 Å². The van der Waals surface area contributed by atoms with E-state index in [0.717, 1.165) is 56.5 Å². The molecule has 3 aromatic rings. The SMILES string of the molecule is CCN(CC)CCCNCCCC(=O)CSc1c(-c2cc(Cl)ccc2O)c2cc(C(F)(F)F)ccc2[nH]c1=O. The highest BCUT2D eigenvalue weighted by Gasteiger charge is 2.31. The highest BCUT2D eigenvalue weighted by molar-refractivity contribution is 8.00. The summed E-state index contributed by atoms with van der Waals surface area (Å²) in [6, 6.07) is 7.13. The molecule has 2 aromatic carbocycles. The Balaban J connectivity index is 1.77. The molecule has 0 amide bonds. The fourth-order valence-electron chi connectivity index (χ4n) is 4.29. The normalized spacial score (nSPS) is 12.0. The Labute approximate surface area is 234 Å². The number of aromatic amines is 1. The number of rotatable bonds is 14. The zero-order valence-electron chi connectivity index (χ0n) is 22.0. The van der Waals surface area contributed by atoms with Gasteiger partial charge in [-0.25, -0.2) is 0 Å². The molecule has 6 nitrogen and oxygen atoms in total. The third-order valence-corrected chi connectivity index (χ3v) is 7.81. The average molecular weight is 584 g/mol. The molecule has 0 saturated carbocycles. The first-order valence-electron chi connectivity index (χ1n) is 12.9. The number of H-pyrrole nitrogens is 1. The molecule has 11 heteroatoms. The van der Waals surface area contributed by atoms with E-state index in [0.29, 0.717) is 19.4 Å². The van der Waals surface area contributed by atoms with Crippen molar-refractivity contribution in [3.63, 3.8) is 0 Å². The van der Waals surface area contributed by atoms with Crippen molar-refractivity contribution in [3.8, 4) is 16.9 Å². The zero-order chi connectivity index (χ0) is 28.6. The number of aromatic hydroxyl groups is 1. The Kier molecular flexibility index (Phi) is 11.3. The lowest BCUT2D eigenvalue weighted by atomic mass is 9.98. The van der Waals surface area contributed by atoms with Gasteiger partial charge in [-0.15, -0.1) is 11.8 Å². The number of benzene rings is 2. The maximum absolute atomic E-state index is 13.5. The molecule has 3 rings (SSSR count). The predicted molar refractivity (Wildman–Crippen MR) is 152 cm³/mol. The number of thioether (sulfide) groups is 1. The number of alkyl halides is 3. The van der Waals surface area contributed by atoms with Gasteiger partial charge in [0.2, 0.25) is 0 Å². The van der Waals surface area contributed by atoms with E-state index >= 15 is 0 Å². The number of nitrogens with one attached hydrogen (secondary N) is 2. The van der Waals surface area contributed by atoms with Crippen molar-refractivity contribution < 1.29 is 23.1 Å². The monoisotopic (exact) mass is 583 g/mol. The van der Waals surface area contributed by atoms with Gasteiger partial charge in [0.15, 0.2) is 0 Å². The molecule has 1 heterocycles. The summed E-state index contributed by atoms with van der Waals surface area (Å²) >= 11 is 7.07. The number of phenolic OH excluding ortho intramolecular Hbond substituents is 1. The lowest BCUT2D eigenvalue weighted by Gasteiger charge is -2.17. The Morgan fingerprint density at radius 2 is 1.82 bits per heavy atom. The Morgan fingerprint density at radius 1 is 1.10 bits per heavy atom. The second-order valence-electron chi connectivity index (χ2n) is 9.14. The summed E-state index contributed by atoms with van der Waals surface area (Å²) in [5, 5.41) is 14.2. The van der Waals surface area contributed by atoms with Crippen LogP contribution in [0.5, 0.6) is 5.75 Å². The van der Waals surface area contributed by atoms with Crippen LogP contribution in [0.1, 0.15) is 38.7 Å². The maximum Gasteiger partial charge on any atom is 0.416 e. The van der Waals surface area contributed by atoms with Crippen LogP contribution in [0, 0.1) is 0 Å². The summed E-state index contributed by atoms with van der Waals surface area (Å²) in [6.45, 7) is 8.87. The van der Waals surface area contributed by atoms with Gasteiger partial charge in [-0.05, 0) is 82.0 Å². The van der Waals surface area contributed by atoms with Gasteiger partial charge in [0, 0.05) is 33.5 Å². The summed E-state index contributed by atoms with van der Waals surface area (Å²) < 4.78 is 40.5. The molecule has 0 atom stereocenters. The minimum atomic E-state index is -4.61. The first kappa shape index (κ1) is 31.0. The summed E-state index contributed by atoms with van der Waals surface area (Å²) in [5.74, 6) is -0.372. The lowest BCUT2D eigenvalue weighted by molar-refractivity contribution is -0.137. The predicted octanol–water partition coefficient (Wildman–Crippen LogP) is 6.34. The van der Waals surface area contributed by atoms with Crippen molar-refractivity contribution in [1.29, 1.82) is 0 Å². The number of hydrogen-bond acceptors (Lipinski definition) is 6. The minimum Gasteiger partial charge on any atom is -0.507 e. The number of halogens is 4. The summed E-state index contributed by atoms with van der Waals surface area (Å²) in [5.41, 5.74) is -1.08. The lowest BCUT2D eigenvalue weighted by Crippen LogP contribution is -2.27. The van der Waals surface area contributed by atoms with E-state index in [1.54, 1.807) is 0 Å². The number of phenols is 1. The van der Waals surface area contributed by atoms with Crippen molar-refractivity contribution in [1.82, 2.24) is 15.2 Å². The minimum absolute atomic E-state index is 0.0379. The molecule has 0 aliphatic heterocycles. The number of fused-ring (bicyclic) bond motifs is 1. The molecule has 0 radical (unpaired) electrons. The second-order valence-corrected chi connectivity index (χ2v) is 10.6. The molecule has 212 valence electrons. The van der Waals surface area contributed by atoms with Crippen molar-refractivity contribution in [2.24, 2.45) is 0 Å². The van der Waals surface area contributed by atoms with Crippen molar-refractivity contribution in [3.05, 3.63) is 57.3 Å². The Bertz CT molecular complexity index is 1340. The van der Waals surface area contributed by atoms with Crippen LogP contribution in [0.15, 0.2) is 46.1 Å². The van der Waals surface area contributed by atoms with Gasteiger partial charge in [0.25, 0.3) is 5.56 Å². The van der Waals surface area contributed by atoms with E-state index in [1.807, 2.05) is 0 Å². The van der Waals surface area contributed by atoms with Gasteiger partial charge < -0.3 is 20.3 Å². The molecule has 0 aliphatic carbocycles. The van der Waals surface area contributed by atoms with Crippen molar-refractivity contribution in [2.75, 3.05) is 38.5 Å². The molecule has 0 unspecified atom stereocenters. The van der Waals surface area contributed by atoms with E-state index in [1.165, 1.54) is 24.3 Å². The van der Waals surface area contributed by atoms with Crippen LogP contribution in [0.3, 0.4) is 0 Å². The van der Waals surface area contributed by atoms with Gasteiger partial charge >= 0.3 is 6.18 Å². The van der Waals surface area contributed by atoms with Crippen LogP contribution in [0.4, 0.5) is 13.2 Å². The molecule has 1 aromatic heterocycles.